The number of carbonyl (C=O) groups excluding carboxylic acids is 2. The standard InChI is InChI=1S/C51H84O18P2/c1-3-5-7-8-9-10-11-12-13-14-15-16-17-18-19-23-31-37-44(54)65-39-43(40-66-71(63,64)69-51-48(58)46(56)47(57)50(49(51)59)68-70(60,61)62)67-45(55)38-32-24-21-20-22-28-34-42(53)36-30-26-25-29-35-41(52)33-27-6-4-2/h6,9-10,12-13,21-22,24-30,35-36,41-43,46-53,56-59H,3-5,7-8,11,14-20,23,31-34,37-40H2,1-2H3,(H,63,64)(H2,60,61,62)/b10-9-,13-12-,24-21-,26-25-,27-6-,28-22-,35-29+,36-30+/t41-,42+,43+,46?,47?,48?,49?,50+,51-/m0/s1. The Labute approximate surface area is 421 Å². The number of aliphatic hydroxyl groups is 6. The highest BCUT2D eigenvalue weighted by atomic mass is 31.2. The van der Waals surface area contributed by atoms with Crippen molar-refractivity contribution in [2.24, 2.45) is 0 Å². The number of phosphoric ester groups is 2. The van der Waals surface area contributed by atoms with Crippen molar-refractivity contribution in [1.29, 1.82) is 0 Å². The van der Waals surface area contributed by atoms with Gasteiger partial charge < -0.3 is 54.8 Å². The van der Waals surface area contributed by atoms with Gasteiger partial charge in [0.25, 0.3) is 0 Å². The van der Waals surface area contributed by atoms with E-state index in [4.69, 9.17) is 18.5 Å². The molecule has 1 rings (SSSR count). The summed E-state index contributed by atoms with van der Waals surface area (Å²) in [4.78, 5) is 54.4. The lowest BCUT2D eigenvalue weighted by atomic mass is 9.85. The molecule has 0 bridgehead atoms. The van der Waals surface area contributed by atoms with Gasteiger partial charge >= 0.3 is 27.6 Å². The number of unbranched alkanes of at least 4 members (excludes halogenated alkanes) is 10. The van der Waals surface area contributed by atoms with E-state index in [-0.39, 0.29) is 19.3 Å². The number of hydrogen-bond acceptors (Lipinski definition) is 15. The molecule has 0 radical (unpaired) electrons. The highest BCUT2D eigenvalue weighted by Crippen LogP contribution is 2.49. The summed E-state index contributed by atoms with van der Waals surface area (Å²) in [6, 6.07) is 0. The van der Waals surface area contributed by atoms with Crippen LogP contribution in [0.1, 0.15) is 142 Å². The smallest absolute Gasteiger partial charge is 0.462 e. The first-order valence-corrected chi connectivity index (χ1v) is 28.0. The minimum atomic E-state index is -5.39. The van der Waals surface area contributed by atoms with Gasteiger partial charge in [-0.05, 0) is 70.6 Å². The van der Waals surface area contributed by atoms with E-state index in [1.165, 1.54) is 19.3 Å². The molecule has 18 nitrogen and oxygen atoms in total. The van der Waals surface area contributed by atoms with Crippen molar-refractivity contribution >= 4 is 27.6 Å². The zero-order valence-electron chi connectivity index (χ0n) is 41.6. The van der Waals surface area contributed by atoms with E-state index in [9.17, 15) is 64.0 Å². The van der Waals surface area contributed by atoms with E-state index >= 15 is 0 Å². The van der Waals surface area contributed by atoms with Crippen molar-refractivity contribution in [1.82, 2.24) is 0 Å². The van der Waals surface area contributed by atoms with Crippen LogP contribution in [0.25, 0.3) is 0 Å². The van der Waals surface area contributed by atoms with Gasteiger partial charge in [-0.25, -0.2) is 9.13 Å². The summed E-state index contributed by atoms with van der Waals surface area (Å²) in [6.07, 6.45) is 29.9. The molecule has 0 saturated heterocycles. The lowest BCUT2D eigenvalue weighted by Crippen LogP contribution is -2.64. The number of hydrogen-bond donors (Lipinski definition) is 9. The normalized spacial score (nSPS) is 22.6. The van der Waals surface area contributed by atoms with Crippen molar-refractivity contribution in [2.45, 2.75) is 197 Å². The monoisotopic (exact) mass is 1050 g/mol. The molecule has 0 aromatic heterocycles. The van der Waals surface area contributed by atoms with Crippen molar-refractivity contribution < 1.29 is 87.1 Å². The number of ether oxygens (including phenoxy) is 2. The Morgan fingerprint density at radius 1 is 0.535 bits per heavy atom. The summed E-state index contributed by atoms with van der Waals surface area (Å²) in [5, 5.41) is 61.3. The van der Waals surface area contributed by atoms with Crippen LogP contribution in [-0.4, -0.2) is 125 Å². The van der Waals surface area contributed by atoms with Gasteiger partial charge in [0.1, 0.15) is 43.2 Å². The lowest BCUT2D eigenvalue weighted by Gasteiger charge is -2.43. The molecular formula is C51H84O18P2. The molecule has 1 fully saturated rings. The molecule has 20 heteroatoms. The van der Waals surface area contributed by atoms with Gasteiger partial charge in [-0.1, -0.05) is 156 Å². The van der Waals surface area contributed by atoms with Gasteiger partial charge in [-0.2, -0.15) is 0 Å². The Morgan fingerprint density at radius 3 is 1.61 bits per heavy atom. The summed E-state index contributed by atoms with van der Waals surface area (Å²) in [6.45, 7) is 2.74. The number of phosphoric acid groups is 2. The maximum absolute atomic E-state index is 13.0. The highest BCUT2D eigenvalue weighted by Gasteiger charge is 2.54. The fourth-order valence-electron chi connectivity index (χ4n) is 6.90. The first kappa shape index (κ1) is 65.9. The van der Waals surface area contributed by atoms with Crippen LogP contribution in [-0.2, 0) is 41.8 Å². The van der Waals surface area contributed by atoms with Gasteiger partial charge in [0, 0.05) is 12.8 Å². The third-order valence-electron chi connectivity index (χ3n) is 10.8. The van der Waals surface area contributed by atoms with Crippen molar-refractivity contribution in [3.8, 4) is 0 Å². The molecule has 0 aromatic rings. The van der Waals surface area contributed by atoms with Gasteiger partial charge in [0.2, 0.25) is 0 Å². The molecule has 10 atom stereocenters. The molecule has 1 aliphatic rings. The first-order chi connectivity index (χ1) is 33.9. The Bertz CT molecular complexity index is 1770. The number of aliphatic hydroxyl groups excluding tert-OH is 6. The summed E-state index contributed by atoms with van der Waals surface area (Å²) in [5.74, 6) is -1.39. The quantitative estimate of drug-likeness (QED) is 0.00926. The third-order valence-corrected chi connectivity index (χ3v) is 12.3. The molecule has 406 valence electrons. The SMILES string of the molecule is CC/C=C\C[C@H](O)/C=C/C=C\C=C\[C@H](O)C/C=C\C/C=C\CCC(=O)O[C@H](COC(=O)CCCCCCCCC/C=C\C/C=C\CCCCC)COP(=O)(O)O[C@H]1C(O)C(O)C(O)[C@@H](OP(=O)(O)O)C1O. The number of rotatable bonds is 40. The Hall–Kier alpha value is -3.16. The van der Waals surface area contributed by atoms with Crippen molar-refractivity contribution in [3.05, 3.63) is 97.2 Å². The van der Waals surface area contributed by atoms with Crippen LogP contribution in [0.15, 0.2) is 97.2 Å². The molecule has 0 spiro atoms. The molecule has 0 heterocycles. The Morgan fingerprint density at radius 2 is 1.04 bits per heavy atom. The molecule has 0 aromatic carbocycles. The molecule has 5 unspecified atom stereocenters. The van der Waals surface area contributed by atoms with Crippen LogP contribution in [0.2, 0.25) is 0 Å². The minimum absolute atomic E-state index is 0.0682. The van der Waals surface area contributed by atoms with E-state index in [0.717, 1.165) is 64.2 Å². The largest absolute Gasteiger partial charge is 0.472 e. The molecule has 1 aliphatic carbocycles. The zero-order chi connectivity index (χ0) is 52.8. The van der Waals surface area contributed by atoms with E-state index in [1.807, 2.05) is 25.2 Å². The second-order valence-electron chi connectivity index (χ2n) is 17.2. The highest BCUT2D eigenvalue weighted by molar-refractivity contribution is 7.47. The van der Waals surface area contributed by atoms with E-state index in [0.29, 0.717) is 25.7 Å². The van der Waals surface area contributed by atoms with Crippen LogP contribution in [0.3, 0.4) is 0 Å². The van der Waals surface area contributed by atoms with Crippen LogP contribution in [0.5, 0.6) is 0 Å². The van der Waals surface area contributed by atoms with E-state index in [2.05, 4.69) is 35.8 Å². The second-order valence-corrected chi connectivity index (χ2v) is 19.8. The number of allylic oxidation sites excluding steroid dienone is 12. The molecule has 0 aliphatic heterocycles. The second kappa shape index (κ2) is 40.3. The fraction of sp³-hybridized carbons (Fsp3) is 0.647. The van der Waals surface area contributed by atoms with Crippen molar-refractivity contribution in [2.75, 3.05) is 13.2 Å². The summed E-state index contributed by atoms with van der Waals surface area (Å²) in [7, 11) is -10.8. The van der Waals surface area contributed by atoms with Gasteiger partial charge in [-0.15, -0.1) is 0 Å². The third kappa shape index (κ3) is 34.8. The fourth-order valence-corrected chi connectivity index (χ4v) is 8.44. The lowest BCUT2D eigenvalue weighted by molar-refractivity contribution is -0.216. The molecule has 1 saturated carbocycles. The van der Waals surface area contributed by atoms with Crippen LogP contribution >= 0.6 is 15.6 Å². The zero-order valence-corrected chi connectivity index (χ0v) is 43.4. The summed E-state index contributed by atoms with van der Waals surface area (Å²) >= 11 is 0. The molecular weight excluding hydrogens is 962 g/mol. The summed E-state index contributed by atoms with van der Waals surface area (Å²) in [5.41, 5.74) is 0. The van der Waals surface area contributed by atoms with Gasteiger partial charge in [0.15, 0.2) is 6.10 Å². The molecule has 9 N–H and O–H groups in total. The molecule has 71 heavy (non-hydrogen) atoms. The van der Waals surface area contributed by atoms with Crippen LogP contribution < -0.4 is 0 Å². The average molecular weight is 1050 g/mol. The maximum Gasteiger partial charge on any atom is 0.472 e. The predicted octanol–water partition coefficient (Wildman–Crippen LogP) is 7.89. The minimum Gasteiger partial charge on any atom is -0.462 e. The van der Waals surface area contributed by atoms with Crippen LogP contribution in [0, 0.1) is 0 Å². The molecule has 0 amide bonds. The van der Waals surface area contributed by atoms with Crippen LogP contribution in [0.4, 0.5) is 0 Å². The number of carbonyl (C=O) groups is 2. The van der Waals surface area contributed by atoms with E-state index in [1.54, 1.807) is 54.7 Å². The Balaban J connectivity index is 2.68. The van der Waals surface area contributed by atoms with Gasteiger partial charge in [0.05, 0.1) is 18.8 Å². The maximum atomic E-state index is 13.0. The van der Waals surface area contributed by atoms with Crippen molar-refractivity contribution in [3.63, 3.8) is 0 Å². The van der Waals surface area contributed by atoms with E-state index < -0.39 is 95.7 Å². The summed E-state index contributed by atoms with van der Waals surface area (Å²) < 4.78 is 49.3. The topological polar surface area (TPSA) is 296 Å². The average Bonchev–Trinajstić information content (AvgIpc) is 3.32. The van der Waals surface area contributed by atoms with Gasteiger partial charge in [-0.3, -0.25) is 23.2 Å². The number of esters is 2. The first-order valence-electron chi connectivity index (χ1n) is 25.0. The Kier molecular flexibility index (Phi) is 37.3. The predicted molar refractivity (Wildman–Crippen MR) is 271 cm³/mol.